The maximum atomic E-state index is 13.5. The number of rotatable bonds is 9. The molecule has 0 unspecified atom stereocenters. The molecule has 0 atom stereocenters. The molecule has 2 heterocycles. The molecule has 0 saturated carbocycles. The number of carbonyl (C=O) groups excluding carboxylic acids is 2. The average molecular weight is 512 g/mol. The predicted octanol–water partition coefficient (Wildman–Crippen LogP) is 5.69. The van der Waals surface area contributed by atoms with Crippen molar-refractivity contribution in [3.05, 3.63) is 87.6 Å². The molecule has 35 heavy (non-hydrogen) atoms. The molecule has 1 aliphatic heterocycles. The third-order valence-electron chi connectivity index (χ3n) is 5.50. The van der Waals surface area contributed by atoms with Crippen LogP contribution in [0, 0.1) is 6.92 Å². The van der Waals surface area contributed by atoms with Gasteiger partial charge in [-0.2, -0.15) is 0 Å². The average Bonchev–Trinajstić information content (AvgIpc) is 3.46. The van der Waals surface area contributed by atoms with Crippen molar-refractivity contribution in [2.75, 3.05) is 25.2 Å². The quantitative estimate of drug-likeness (QED) is 0.375. The third-order valence-corrected chi connectivity index (χ3v) is 6.75. The van der Waals surface area contributed by atoms with Gasteiger partial charge in [-0.15, -0.1) is 17.9 Å². The maximum Gasteiger partial charge on any atom is 0.322 e. The number of nitrogens with zero attached hydrogens (tertiary/aromatic N) is 2. The van der Waals surface area contributed by atoms with Gasteiger partial charge in [-0.1, -0.05) is 29.8 Å². The first-order chi connectivity index (χ1) is 16.9. The van der Waals surface area contributed by atoms with Crippen LogP contribution in [0.1, 0.15) is 16.0 Å². The van der Waals surface area contributed by atoms with Crippen LogP contribution in [0.15, 0.2) is 66.6 Å². The van der Waals surface area contributed by atoms with Gasteiger partial charge < -0.3 is 24.6 Å². The van der Waals surface area contributed by atoms with E-state index in [4.69, 9.17) is 21.1 Å². The standard InChI is InChI=1S/C26H26ClN3O4S/c1-3-10-29(26(32)28-21-6-4-5-20(27)13-21)16-25(31)30(15-24-18(2)9-11-35-24)14-19-7-8-22-23(12-19)34-17-33-22/h3-9,11-13H,1,10,14-17H2,2H3,(H,28,32). The van der Waals surface area contributed by atoms with Gasteiger partial charge in [0.15, 0.2) is 11.5 Å². The van der Waals surface area contributed by atoms with Crippen LogP contribution >= 0.6 is 22.9 Å². The highest BCUT2D eigenvalue weighted by molar-refractivity contribution is 7.10. The molecule has 0 spiro atoms. The Labute approximate surface area is 213 Å². The van der Waals surface area contributed by atoms with Gasteiger partial charge in [0.05, 0.1) is 6.54 Å². The topological polar surface area (TPSA) is 71.1 Å². The van der Waals surface area contributed by atoms with Crippen LogP contribution in [0.4, 0.5) is 10.5 Å². The zero-order valence-corrected chi connectivity index (χ0v) is 20.9. The number of halogens is 1. The predicted molar refractivity (Wildman–Crippen MR) is 138 cm³/mol. The number of thiophene rings is 1. The molecule has 182 valence electrons. The van der Waals surface area contributed by atoms with Crippen LogP contribution < -0.4 is 14.8 Å². The van der Waals surface area contributed by atoms with Crippen molar-refractivity contribution < 1.29 is 19.1 Å². The second-order valence-corrected chi connectivity index (χ2v) is 9.51. The molecule has 1 N–H and O–H groups in total. The molecule has 0 radical (unpaired) electrons. The highest BCUT2D eigenvalue weighted by atomic mass is 35.5. The van der Waals surface area contributed by atoms with Crippen molar-refractivity contribution in [2.24, 2.45) is 0 Å². The molecule has 2 aromatic carbocycles. The number of aryl methyl sites for hydroxylation is 1. The number of hydrogen-bond donors (Lipinski definition) is 1. The summed E-state index contributed by atoms with van der Waals surface area (Å²) in [6, 6.07) is 14.1. The first kappa shape index (κ1) is 24.6. The highest BCUT2D eigenvalue weighted by Gasteiger charge is 2.23. The molecule has 9 heteroatoms. The zero-order chi connectivity index (χ0) is 24.8. The van der Waals surface area contributed by atoms with Crippen LogP contribution in [0.2, 0.25) is 5.02 Å². The van der Waals surface area contributed by atoms with Gasteiger partial charge in [0.2, 0.25) is 12.7 Å². The van der Waals surface area contributed by atoms with Crippen molar-refractivity contribution in [1.29, 1.82) is 0 Å². The molecule has 0 bridgehead atoms. The minimum Gasteiger partial charge on any atom is -0.454 e. The van der Waals surface area contributed by atoms with Gasteiger partial charge in [-0.05, 0) is 59.8 Å². The van der Waals surface area contributed by atoms with E-state index >= 15 is 0 Å². The van der Waals surface area contributed by atoms with Gasteiger partial charge in [-0.25, -0.2) is 4.79 Å². The number of ether oxygens (including phenoxy) is 2. The first-order valence-corrected chi connectivity index (χ1v) is 12.3. The molecule has 0 saturated heterocycles. The van der Waals surface area contributed by atoms with Gasteiger partial charge in [-0.3, -0.25) is 4.79 Å². The second kappa shape index (κ2) is 11.3. The summed E-state index contributed by atoms with van der Waals surface area (Å²) in [5.74, 6) is 1.17. The SMILES string of the molecule is C=CCN(CC(=O)N(Cc1ccc2c(c1)OCO2)Cc1sccc1C)C(=O)Nc1cccc(Cl)c1. The second-order valence-electron chi connectivity index (χ2n) is 8.07. The third kappa shape index (κ3) is 6.35. The van der Waals surface area contributed by atoms with Crippen LogP contribution in [-0.4, -0.2) is 41.6 Å². The lowest BCUT2D eigenvalue weighted by Gasteiger charge is -2.27. The summed E-state index contributed by atoms with van der Waals surface area (Å²) in [5, 5.41) is 5.32. The number of anilines is 1. The van der Waals surface area contributed by atoms with Crippen molar-refractivity contribution in [1.82, 2.24) is 9.80 Å². The van der Waals surface area contributed by atoms with Gasteiger partial charge in [0, 0.05) is 28.7 Å². The lowest BCUT2D eigenvalue weighted by Crippen LogP contribution is -2.44. The normalized spacial score (nSPS) is 11.7. The van der Waals surface area contributed by atoms with E-state index in [0.29, 0.717) is 35.3 Å². The van der Waals surface area contributed by atoms with Gasteiger partial charge in [0.1, 0.15) is 6.54 Å². The van der Waals surface area contributed by atoms with Crippen LogP contribution in [-0.2, 0) is 17.9 Å². The molecule has 3 amide bonds. The summed E-state index contributed by atoms with van der Waals surface area (Å²) >= 11 is 7.63. The number of benzene rings is 2. The fraction of sp³-hybridized carbons (Fsp3) is 0.231. The Balaban J connectivity index is 1.51. The molecule has 4 rings (SSSR count). The number of urea groups is 1. The summed E-state index contributed by atoms with van der Waals surface area (Å²) in [6.45, 7) is 6.87. The fourth-order valence-corrected chi connectivity index (χ4v) is 4.75. The lowest BCUT2D eigenvalue weighted by molar-refractivity contribution is -0.132. The van der Waals surface area contributed by atoms with Crippen LogP contribution in [0.25, 0.3) is 0 Å². The van der Waals surface area contributed by atoms with E-state index in [1.807, 2.05) is 36.6 Å². The van der Waals surface area contributed by atoms with Gasteiger partial charge >= 0.3 is 6.03 Å². The molecule has 1 aliphatic rings. The van der Waals surface area contributed by atoms with Crippen LogP contribution in [0.3, 0.4) is 0 Å². The van der Waals surface area contributed by atoms with E-state index in [-0.39, 0.29) is 25.8 Å². The Bertz CT molecular complexity index is 1230. The number of hydrogen-bond acceptors (Lipinski definition) is 5. The summed E-state index contributed by atoms with van der Waals surface area (Å²) < 4.78 is 10.9. The van der Waals surface area contributed by atoms with Crippen molar-refractivity contribution in [3.63, 3.8) is 0 Å². The lowest BCUT2D eigenvalue weighted by atomic mass is 10.1. The van der Waals surface area contributed by atoms with Crippen molar-refractivity contribution >= 4 is 40.6 Å². The number of nitrogens with one attached hydrogen (secondary N) is 1. The minimum absolute atomic E-state index is 0.104. The number of fused-ring (bicyclic) bond motifs is 1. The summed E-state index contributed by atoms with van der Waals surface area (Å²) in [7, 11) is 0. The van der Waals surface area contributed by atoms with E-state index in [1.165, 1.54) is 4.90 Å². The molecule has 1 aromatic heterocycles. The summed E-state index contributed by atoms with van der Waals surface area (Å²) in [4.78, 5) is 30.7. The summed E-state index contributed by atoms with van der Waals surface area (Å²) in [5.41, 5.74) is 2.59. The maximum absolute atomic E-state index is 13.5. The minimum atomic E-state index is -0.407. The highest BCUT2D eigenvalue weighted by Crippen LogP contribution is 2.33. The van der Waals surface area contributed by atoms with Gasteiger partial charge in [0.25, 0.3) is 0 Å². The van der Waals surface area contributed by atoms with E-state index in [9.17, 15) is 9.59 Å². The van der Waals surface area contributed by atoms with Crippen molar-refractivity contribution in [3.8, 4) is 11.5 Å². The summed E-state index contributed by atoms with van der Waals surface area (Å²) in [6.07, 6.45) is 1.59. The Hall–Kier alpha value is -3.49. The molecule has 3 aromatic rings. The van der Waals surface area contributed by atoms with E-state index in [0.717, 1.165) is 16.0 Å². The number of carbonyl (C=O) groups is 2. The Kier molecular flexibility index (Phi) is 7.94. The van der Waals surface area contributed by atoms with E-state index in [1.54, 1.807) is 46.6 Å². The molecular formula is C26H26ClN3O4S. The smallest absolute Gasteiger partial charge is 0.322 e. The fourth-order valence-electron chi connectivity index (χ4n) is 3.64. The Morgan fingerprint density at radius 3 is 2.69 bits per heavy atom. The molecular weight excluding hydrogens is 486 g/mol. The van der Waals surface area contributed by atoms with E-state index in [2.05, 4.69) is 11.9 Å². The first-order valence-electron chi connectivity index (χ1n) is 11.0. The van der Waals surface area contributed by atoms with E-state index < -0.39 is 6.03 Å². The zero-order valence-electron chi connectivity index (χ0n) is 19.3. The Morgan fingerprint density at radius 2 is 1.94 bits per heavy atom. The molecule has 7 nitrogen and oxygen atoms in total. The molecule has 0 fully saturated rings. The Morgan fingerprint density at radius 1 is 1.11 bits per heavy atom. The molecule has 0 aliphatic carbocycles. The largest absolute Gasteiger partial charge is 0.454 e. The van der Waals surface area contributed by atoms with Crippen LogP contribution in [0.5, 0.6) is 11.5 Å². The van der Waals surface area contributed by atoms with Crippen molar-refractivity contribution in [2.45, 2.75) is 20.0 Å². The monoisotopic (exact) mass is 511 g/mol. The number of amides is 3.